The van der Waals surface area contributed by atoms with E-state index in [4.69, 9.17) is 15.2 Å². The van der Waals surface area contributed by atoms with E-state index < -0.39 is 52.7 Å². The Hall–Kier alpha value is -4.42. The zero-order valence-electron chi connectivity index (χ0n) is 23.4. The van der Waals surface area contributed by atoms with Crippen LogP contribution in [-0.2, 0) is 20.4 Å². The van der Waals surface area contributed by atoms with Gasteiger partial charge in [0.05, 0.1) is 10.9 Å². The fraction of sp³-hybridized carbons (Fsp3) is 0.182. The number of anilines is 1. The molecule has 0 fully saturated rings. The Morgan fingerprint density at radius 3 is 1.76 bits per heavy atom. The van der Waals surface area contributed by atoms with Crippen LogP contribution in [0.4, 0.5) is 23.2 Å². The minimum Gasteiger partial charge on any atom is -0.481 e. The van der Waals surface area contributed by atoms with Gasteiger partial charge >= 0.3 is 5.97 Å². The van der Waals surface area contributed by atoms with Gasteiger partial charge in [-0.3, -0.25) is 0 Å². The van der Waals surface area contributed by atoms with Crippen LogP contribution in [0.1, 0.15) is 30.5 Å². The van der Waals surface area contributed by atoms with Crippen LogP contribution in [0.3, 0.4) is 0 Å². The Morgan fingerprint density at radius 2 is 1.29 bits per heavy atom. The van der Waals surface area contributed by atoms with Crippen LogP contribution in [0.2, 0.25) is 0 Å². The number of hydrogen-bond donors (Lipinski definition) is 1. The lowest BCUT2D eigenvalue weighted by Crippen LogP contribution is -2.29. The summed E-state index contributed by atoms with van der Waals surface area (Å²) in [4.78, 5) is 16.0. The zero-order valence-corrected chi connectivity index (χ0v) is 24.2. The monoisotopic (exact) mass is 594 g/mol. The molecular weight excluding hydrogens is 566 g/mol. The highest BCUT2D eigenvalue weighted by atomic mass is 32.2. The molecule has 0 spiro atoms. The first-order chi connectivity index (χ1) is 19.9. The fourth-order valence-electron chi connectivity index (χ4n) is 4.22. The number of halogens is 4. The van der Waals surface area contributed by atoms with Gasteiger partial charge in [0.1, 0.15) is 17.0 Å². The van der Waals surface area contributed by atoms with Crippen LogP contribution in [0, 0.1) is 49.0 Å². The van der Waals surface area contributed by atoms with E-state index in [1.165, 1.54) is 13.8 Å². The predicted molar refractivity (Wildman–Crippen MR) is 154 cm³/mol. The average Bonchev–Trinajstić information content (AvgIpc) is 2.95. The standard InChI is InChI=1S/C33H28F4NO3S/c1-20-17-24(42(22-11-7-5-8-12-22)23-13-9-6-10-14-23)18-21(2)32(20)40-19-26(39)41-33(3,4)16-15-25-27(34)29(36)31(38)30(37)28(25)35/h5-14,17-18H,19,38H2,1-4H3/q+1. The molecule has 0 atom stereocenters. The zero-order chi connectivity index (χ0) is 30.6. The molecule has 2 N–H and O–H groups in total. The van der Waals surface area contributed by atoms with Crippen LogP contribution in [0.15, 0.2) is 87.5 Å². The van der Waals surface area contributed by atoms with Crippen LogP contribution < -0.4 is 10.5 Å². The Labute approximate surface area is 244 Å². The topological polar surface area (TPSA) is 61.5 Å². The van der Waals surface area contributed by atoms with Crippen molar-refractivity contribution in [3.8, 4) is 17.6 Å². The van der Waals surface area contributed by atoms with Gasteiger partial charge in [-0.15, -0.1) is 0 Å². The van der Waals surface area contributed by atoms with E-state index in [9.17, 15) is 22.4 Å². The molecule has 0 saturated carbocycles. The normalized spacial score (nSPS) is 11.2. The van der Waals surface area contributed by atoms with Gasteiger partial charge < -0.3 is 15.2 Å². The molecule has 0 aliphatic carbocycles. The van der Waals surface area contributed by atoms with Crippen molar-refractivity contribution in [2.45, 2.75) is 48.0 Å². The Bertz CT molecular complexity index is 1590. The van der Waals surface area contributed by atoms with E-state index in [0.717, 1.165) is 25.8 Å². The molecule has 0 saturated heterocycles. The second-order valence-corrected chi connectivity index (χ2v) is 11.9. The summed E-state index contributed by atoms with van der Waals surface area (Å²) in [7, 11) is -0.365. The number of benzene rings is 4. The Balaban J connectivity index is 1.50. The van der Waals surface area contributed by atoms with Gasteiger partial charge in [-0.25, -0.2) is 22.4 Å². The minimum absolute atomic E-state index is 0.365. The summed E-state index contributed by atoms with van der Waals surface area (Å²) in [6.45, 7) is 6.02. The van der Waals surface area contributed by atoms with Crippen molar-refractivity contribution in [1.82, 2.24) is 0 Å². The van der Waals surface area contributed by atoms with Crippen LogP contribution in [0.25, 0.3) is 0 Å². The number of aryl methyl sites for hydroxylation is 2. The summed E-state index contributed by atoms with van der Waals surface area (Å²) in [5, 5.41) is 0. The lowest BCUT2D eigenvalue weighted by molar-refractivity contribution is -0.154. The van der Waals surface area contributed by atoms with Crippen molar-refractivity contribution in [3.05, 3.63) is 113 Å². The molecule has 4 rings (SSSR count). The van der Waals surface area contributed by atoms with Gasteiger partial charge in [0.25, 0.3) is 0 Å². The smallest absolute Gasteiger partial charge is 0.345 e. The maximum absolute atomic E-state index is 14.1. The molecule has 4 nitrogen and oxygen atoms in total. The summed E-state index contributed by atoms with van der Waals surface area (Å²) in [5.41, 5.74) is 2.65. The maximum atomic E-state index is 14.1. The van der Waals surface area contributed by atoms with Gasteiger partial charge in [-0.2, -0.15) is 0 Å². The largest absolute Gasteiger partial charge is 0.481 e. The molecule has 9 heteroatoms. The first-order valence-electron chi connectivity index (χ1n) is 12.8. The third-order valence-electron chi connectivity index (χ3n) is 6.12. The van der Waals surface area contributed by atoms with E-state index in [2.05, 4.69) is 30.2 Å². The number of nitrogen functional groups attached to an aromatic ring is 1. The molecule has 0 aromatic heterocycles. The highest BCUT2D eigenvalue weighted by Gasteiger charge is 2.30. The molecule has 0 aliphatic rings. The molecule has 216 valence electrons. The molecule has 4 aromatic rings. The average molecular weight is 595 g/mol. The van der Waals surface area contributed by atoms with E-state index in [-0.39, 0.29) is 10.9 Å². The third-order valence-corrected chi connectivity index (χ3v) is 8.31. The number of rotatable bonds is 7. The highest BCUT2D eigenvalue weighted by molar-refractivity contribution is 7.97. The second kappa shape index (κ2) is 12.6. The van der Waals surface area contributed by atoms with E-state index in [1.54, 1.807) is 0 Å². The minimum atomic E-state index is -1.75. The van der Waals surface area contributed by atoms with Crippen molar-refractivity contribution in [1.29, 1.82) is 0 Å². The third kappa shape index (κ3) is 6.72. The van der Waals surface area contributed by atoms with E-state index in [1.807, 2.05) is 68.3 Å². The van der Waals surface area contributed by atoms with Crippen molar-refractivity contribution in [2.24, 2.45) is 0 Å². The number of nitrogens with two attached hydrogens (primary N) is 1. The van der Waals surface area contributed by atoms with Crippen molar-refractivity contribution >= 4 is 22.6 Å². The molecule has 0 bridgehead atoms. The van der Waals surface area contributed by atoms with Crippen molar-refractivity contribution in [2.75, 3.05) is 12.3 Å². The van der Waals surface area contributed by atoms with Gasteiger partial charge in [-0.1, -0.05) is 48.2 Å². The van der Waals surface area contributed by atoms with Gasteiger partial charge in [0.15, 0.2) is 50.2 Å². The van der Waals surface area contributed by atoms with Crippen LogP contribution in [0.5, 0.6) is 5.75 Å². The van der Waals surface area contributed by atoms with Crippen molar-refractivity contribution in [3.63, 3.8) is 0 Å². The predicted octanol–water partition coefficient (Wildman–Crippen LogP) is 7.29. The van der Waals surface area contributed by atoms with Crippen LogP contribution in [-0.4, -0.2) is 18.2 Å². The highest BCUT2D eigenvalue weighted by Crippen LogP contribution is 2.35. The molecule has 0 aliphatic heterocycles. The molecular formula is C33H28F4NO3S+. The Kier molecular flexibility index (Phi) is 9.17. The summed E-state index contributed by atoms with van der Waals surface area (Å²) in [6, 6.07) is 24.4. The van der Waals surface area contributed by atoms with Crippen molar-refractivity contribution < 1.29 is 31.8 Å². The van der Waals surface area contributed by atoms with E-state index >= 15 is 0 Å². The second-order valence-electron chi connectivity index (χ2n) is 9.89. The summed E-state index contributed by atoms with van der Waals surface area (Å²) in [5.74, 6) is -2.91. The summed E-state index contributed by atoms with van der Waals surface area (Å²) >= 11 is 0. The first-order valence-corrected chi connectivity index (χ1v) is 14.1. The van der Waals surface area contributed by atoms with Gasteiger partial charge in [0, 0.05) is 12.1 Å². The molecule has 0 radical (unpaired) electrons. The number of hydrogen-bond acceptors (Lipinski definition) is 4. The SMILES string of the molecule is Cc1cc([S+](c2ccccc2)c2ccccc2)cc(C)c1OCC(=O)OC(C)(C)C#Cc1c(F)c(F)c(N)c(F)c1F. The Morgan fingerprint density at radius 1 is 0.810 bits per heavy atom. The molecule has 0 unspecified atom stereocenters. The lowest BCUT2D eigenvalue weighted by atomic mass is 10.1. The number of esters is 1. The summed E-state index contributed by atoms with van der Waals surface area (Å²) < 4.78 is 66.8. The maximum Gasteiger partial charge on any atom is 0.345 e. The number of carbonyl (C=O) groups is 1. The number of carbonyl (C=O) groups excluding carboxylic acids is 1. The van der Waals surface area contributed by atoms with Gasteiger partial charge in [-0.05, 0) is 63.1 Å². The van der Waals surface area contributed by atoms with E-state index in [0.29, 0.717) is 5.75 Å². The molecule has 0 amide bonds. The molecule has 0 heterocycles. The summed E-state index contributed by atoms with van der Waals surface area (Å²) in [6.07, 6.45) is 0. The fourth-order valence-corrected chi connectivity index (χ4v) is 6.48. The molecule has 4 aromatic carbocycles. The lowest BCUT2D eigenvalue weighted by Gasteiger charge is -2.20. The quantitative estimate of drug-likeness (QED) is 0.0610. The molecule has 42 heavy (non-hydrogen) atoms. The number of ether oxygens (including phenoxy) is 2. The first kappa shape index (κ1) is 30.5. The van der Waals surface area contributed by atoms with Crippen LogP contribution >= 0.6 is 0 Å². The van der Waals surface area contributed by atoms with Gasteiger partial charge in [0.2, 0.25) is 0 Å².